The van der Waals surface area contributed by atoms with E-state index >= 15 is 0 Å². The Bertz CT molecular complexity index is 1960. The lowest BCUT2D eigenvalue weighted by Gasteiger charge is -2.00. The SMILES string of the molecule is CSc1sc(SC)c(C=NNc2nnc3c(n2)[nH]c2ccccc23)c1C=NNc1nnc2c(n1)[nH]c1ccccc12. The van der Waals surface area contributed by atoms with Crippen LogP contribution in [0.25, 0.3) is 44.1 Å². The van der Waals surface area contributed by atoms with Crippen LogP contribution in [-0.4, -0.2) is 65.3 Å². The summed E-state index contributed by atoms with van der Waals surface area (Å²) in [7, 11) is 0. The van der Waals surface area contributed by atoms with Crippen LogP contribution in [0.1, 0.15) is 11.1 Å². The van der Waals surface area contributed by atoms with Crippen LogP contribution in [0.2, 0.25) is 0 Å². The van der Waals surface area contributed by atoms with E-state index < -0.39 is 0 Å². The highest BCUT2D eigenvalue weighted by molar-refractivity contribution is 8.02. The second kappa shape index (κ2) is 10.8. The van der Waals surface area contributed by atoms with Crippen molar-refractivity contribution in [2.45, 2.75) is 8.42 Å². The van der Waals surface area contributed by atoms with E-state index in [0.717, 1.165) is 52.4 Å². The van der Waals surface area contributed by atoms with Gasteiger partial charge in [0.2, 0.25) is 0 Å². The molecule has 12 nitrogen and oxygen atoms in total. The minimum atomic E-state index is 0.292. The second-order valence-electron chi connectivity index (χ2n) is 8.66. The minimum absolute atomic E-state index is 0.292. The van der Waals surface area contributed by atoms with Crippen LogP contribution < -0.4 is 10.9 Å². The minimum Gasteiger partial charge on any atom is -0.338 e. The number of benzene rings is 2. The maximum atomic E-state index is 4.53. The molecule has 5 heterocycles. The van der Waals surface area contributed by atoms with Gasteiger partial charge in [-0.05, 0) is 24.6 Å². The van der Waals surface area contributed by atoms with Gasteiger partial charge in [-0.3, -0.25) is 0 Å². The van der Waals surface area contributed by atoms with Crippen LogP contribution in [0, 0.1) is 0 Å². The molecule has 2 aromatic carbocycles. The first-order valence-electron chi connectivity index (χ1n) is 12.3. The number of rotatable bonds is 8. The molecule has 202 valence electrons. The van der Waals surface area contributed by atoms with E-state index in [9.17, 15) is 0 Å². The number of nitrogens with zero attached hydrogens (tertiary/aromatic N) is 8. The molecule has 15 heteroatoms. The zero-order chi connectivity index (χ0) is 27.8. The highest BCUT2D eigenvalue weighted by Crippen LogP contribution is 2.38. The summed E-state index contributed by atoms with van der Waals surface area (Å²) in [5, 5.41) is 27.8. The highest BCUT2D eigenvalue weighted by Gasteiger charge is 2.16. The van der Waals surface area contributed by atoms with Gasteiger partial charge in [-0.25, -0.2) is 10.9 Å². The summed E-state index contributed by atoms with van der Waals surface area (Å²) >= 11 is 4.97. The molecule has 0 amide bonds. The molecule has 0 aliphatic heterocycles. The Morgan fingerprint density at radius 2 is 1.15 bits per heavy atom. The molecule has 7 aromatic rings. The van der Waals surface area contributed by atoms with Crippen LogP contribution in [0.5, 0.6) is 0 Å². The first kappa shape index (κ1) is 25.4. The molecule has 5 aromatic heterocycles. The average Bonchev–Trinajstić information content (AvgIpc) is 3.67. The summed E-state index contributed by atoms with van der Waals surface area (Å²) in [6.07, 6.45) is 7.56. The van der Waals surface area contributed by atoms with Gasteiger partial charge in [0.05, 0.1) is 20.8 Å². The molecule has 0 spiro atoms. The number of hydrogen-bond donors (Lipinski definition) is 4. The van der Waals surface area contributed by atoms with Crippen molar-refractivity contribution in [2.24, 2.45) is 10.2 Å². The molecular formula is C26H20N12S3. The van der Waals surface area contributed by atoms with Crippen LogP contribution in [0.4, 0.5) is 11.9 Å². The third kappa shape index (κ3) is 4.73. The number of hydrogen-bond acceptors (Lipinski definition) is 13. The maximum Gasteiger partial charge on any atom is 0.265 e. The molecule has 0 aliphatic carbocycles. The predicted octanol–water partition coefficient (Wildman–Crippen LogP) is 5.72. The number of nitrogens with one attached hydrogen (secondary N) is 4. The average molecular weight is 597 g/mol. The van der Waals surface area contributed by atoms with E-state index in [2.05, 4.69) is 61.4 Å². The van der Waals surface area contributed by atoms with Gasteiger partial charge in [0.15, 0.2) is 11.3 Å². The lowest BCUT2D eigenvalue weighted by molar-refractivity contribution is 1.01. The van der Waals surface area contributed by atoms with Crippen molar-refractivity contribution in [1.82, 2.24) is 40.3 Å². The number of fused-ring (bicyclic) bond motifs is 6. The Kier molecular flexibility index (Phi) is 6.66. The van der Waals surface area contributed by atoms with Gasteiger partial charge in [0.1, 0.15) is 11.0 Å². The highest BCUT2D eigenvalue weighted by atomic mass is 32.2. The van der Waals surface area contributed by atoms with Gasteiger partial charge in [-0.2, -0.15) is 20.2 Å². The Hall–Kier alpha value is -4.60. The van der Waals surface area contributed by atoms with Crippen LogP contribution in [0.15, 0.2) is 67.2 Å². The maximum absolute atomic E-state index is 4.53. The molecule has 0 aliphatic rings. The van der Waals surface area contributed by atoms with E-state index in [1.54, 1.807) is 47.3 Å². The first-order valence-corrected chi connectivity index (χ1v) is 15.5. The van der Waals surface area contributed by atoms with Crippen molar-refractivity contribution in [3.8, 4) is 0 Å². The van der Waals surface area contributed by atoms with Gasteiger partial charge in [-0.15, -0.1) is 55.3 Å². The number of para-hydroxylation sites is 2. The molecule has 0 saturated heterocycles. The molecular weight excluding hydrogens is 577 g/mol. The van der Waals surface area contributed by atoms with Crippen LogP contribution in [0.3, 0.4) is 0 Å². The van der Waals surface area contributed by atoms with Gasteiger partial charge in [0.25, 0.3) is 11.9 Å². The van der Waals surface area contributed by atoms with Crippen molar-refractivity contribution in [3.63, 3.8) is 0 Å². The van der Waals surface area contributed by atoms with Gasteiger partial charge < -0.3 is 9.97 Å². The summed E-state index contributed by atoms with van der Waals surface area (Å²) in [6.45, 7) is 0. The molecule has 41 heavy (non-hydrogen) atoms. The lowest BCUT2D eigenvalue weighted by atomic mass is 10.2. The molecule has 0 radical (unpaired) electrons. The van der Waals surface area contributed by atoms with E-state index in [1.165, 1.54) is 0 Å². The first-order chi connectivity index (χ1) is 20.2. The largest absolute Gasteiger partial charge is 0.338 e. The molecule has 4 N–H and O–H groups in total. The van der Waals surface area contributed by atoms with Crippen LogP contribution in [-0.2, 0) is 0 Å². The molecule has 0 atom stereocenters. The molecule has 0 saturated carbocycles. The number of thioether (sulfide) groups is 2. The molecule has 0 fully saturated rings. The summed E-state index contributed by atoms with van der Waals surface area (Å²) < 4.78 is 2.20. The van der Waals surface area contributed by atoms with E-state index in [4.69, 9.17) is 0 Å². The fourth-order valence-corrected chi connectivity index (χ4v) is 7.21. The Morgan fingerprint density at radius 1 is 0.683 bits per heavy atom. The Balaban J connectivity index is 1.13. The lowest BCUT2D eigenvalue weighted by Crippen LogP contribution is -2.01. The van der Waals surface area contributed by atoms with Crippen molar-refractivity contribution < 1.29 is 0 Å². The smallest absolute Gasteiger partial charge is 0.265 e. The Labute approximate surface area is 244 Å². The van der Waals surface area contributed by atoms with Gasteiger partial charge in [-0.1, -0.05) is 36.4 Å². The quantitative estimate of drug-likeness (QED) is 0.0971. The predicted molar refractivity (Wildman–Crippen MR) is 169 cm³/mol. The van der Waals surface area contributed by atoms with E-state index in [0.29, 0.717) is 23.2 Å². The summed E-state index contributed by atoms with van der Waals surface area (Å²) in [6, 6.07) is 15.8. The summed E-state index contributed by atoms with van der Waals surface area (Å²) in [5.41, 5.74) is 12.3. The number of aromatic amines is 2. The summed E-state index contributed by atoms with van der Waals surface area (Å²) in [5.74, 6) is 0.584. The molecule has 0 bridgehead atoms. The van der Waals surface area contributed by atoms with Gasteiger partial charge >= 0.3 is 0 Å². The fourth-order valence-electron chi connectivity index (χ4n) is 4.41. The van der Waals surface area contributed by atoms with Crippen molar-refractivity contribution in [2.75, 3.05) is 23.4 Å². The monoisotopic (exact) mass is 596 g/mol. The normalized spacial score (nSPS) is 12.1. The molecule has 7 rings (SSSR count). The van der Waals surface area contributed by atoms with Crippen molar-refractivity contribution in [1.29, 1.82) is 0 Å². The fraction of sp³-hybridized carbons (Fsp3) is 0.0769. The number of hydrazone groups is 2. The third-order valence-electron chi connectivity index (χ3n) is 6.25. The number of aromatic nitrogens is 8. The van der Waals surface area contributed by atoms with Gasteiger partial charge in [0, 0.05) is 32.9 Å². The van der Waals surface area contributed by atoms with Crippen molar-refractivity contribution >= 4 is 103 Å². The Morgan fingerprint density at radius 3 is 1.61 bits per heavy atom. The summed E-state index contributed by atoms with van der Waals surface area (Å²) in [4.78, 5) is 15.6. The zero-order valence-electron chi connectivity index (χ0n) is 21.6. The second-order valence-corrected chi connectivity index (χ2v) is 11.8. The third-order valence-corrected chi connectivity index (χ3v) is 9.74. The van der Waals surface area contributed by atoms with E-state index in [-0.39, 0.29) is 0 Å². The standard InChI is InChI=1S/C26H20N12S3/c1-39-23-15(11-27-35-25-31-21-19(33-37-25)13-7-3-5-9-17(13)29-21)16(24(40-2)41-23)12-28-36-26-32-22-20(34-38-26)14-8-4-6-10-18(14)30-22/h3-12H,1-2H3,(H2,29,31,35,37)(H2,30,32,36,38). The number of H-pyrrole nitrogens is 2. The van der Waals surface area contributed by atoms with Crippen LogP contribution >= 0.6 is 34.9 Å². The van der Waals surface area contributed by atoms with E-state index in [1.807, 2.05) is 61.0 Å². The topological polar surface area (TPSA) is 158 Å². The number of anilines is 2. The van der Waals surface area contributed by atoms with Crippen molar-refractivity contribution in [3.05, 3.63) is 59.7 Å². The molecule has 0 unspecified atom stereocenters. The zero-order valence-corrected chi connectivity index (χ0v) is 24.0. The number of thiophene rings is 1.